The van der Waals surface area contributed by atoms with Crippen LogP contribution in [0.5, 0.6) is 5.75 Å². The van der Waals surface area contributed by atoms with Crippen molar-refractivity contribution in [1.82, 2.24) is 0 Å². The van der Waals surface area contributed by atoms with Gasteiger partial charge in [0.05, 0.1) is 0 Å². The van der Waals surface area contributed by atoms with Gasteiger partial charge in [0.1, 0.15) is 18.2 Å². The third-order valence-corrected chi connectivity index (χ3v) is 2.11. The molecule has 0 aliphatic rings. The molecule has 3 heteroatoms. The number of nitrogens with two attached hydrogens (primary N) is 1. The van der Waals surface area contributed by atoms with Crippen LogP contribution < -0.4 is 10.5 Å². The van der Waals surface area contributed by atoms with Gasteiger partial charge in [0, 0.05) is 6.04 Å². The summed E-state index contributed by atoms with van der Waals surface area (Å²) in [6, 6.07) is 4.51. The first-order valence-corrected chi connectivity index (χ1v) is 4.78. The fourth-order valence-electron chi connectivity index (χ4n) is 1.09. The van der Waals surface area contributed by atoms with Crippen molar-refractivity contribution in [2.75, 3.05) is 6.61 Å². The fraction of sp³-hybridized carbons (Fsp3) is 0.455. The van der Waals surface area contributed by atoms with E-state index in [0.29, 0.717) is 12.4 Å². The summed E-state index contributed by atoms with van der Waals surface area (Å²) < 4.78 is 18.2. The van der Waals surface area contributed by atoms with E-state index in [1.807, 2.05) is 13.8 Å². The average molecular weight is 197 g/mol. The third kappa shape index (κ3) is 3.00. The Morgan fingerprint density at radius 3 is 2.79 bits per heavy atom. The molecule has 14 heavy (non-hydrogen) atoms. The maximum Gasteiger partial charge on any atom is 0.123 e. The quantitative estimate of drug-likeness (QED) is 0.803. The molecule has 1 atom stereocenters. The zero-order valence-corrected chi connectivity index (χ0v) is 8.59. The molecule has 0 fully saturated rings. The monoisotopic (exact) mass is 197 g/mol. The summed E-state index contributed by atoms with van der Waals surface area (Å²) in [5, 5.41) is 0. The number of hydrogen-bond donors (Lipinski definition) is 1. The molecule has 1 aromatic carbocycles. The van der Waals surface area contributed by atoms with E-state index in [-0.39, 0.29) is 11.9 Å². The number of halogens is 1. The second-order valence-corrected chi connectivity index (χ2v) is 3.39. The second kappa shape index (κ2) is 4.96. The van der Waals surface area contributed by atoms with Gasteiger partial charge in [0.15, 0.2) is 0 Å². The summed E-state index contributed by atoms with van der Waals surface area (Å²) in [5.74, 6) is 0.463. The van der Waals surface area contributed by atoms with Crippen molar-refractivity contribution in [3.8, 4) is 5.75 Å². The van der Waals surface area contributed by atoms with E-state index in [2.05, 4.69) is 0 Å². The normalized spacial score (nSPS) is 12.6. The highest BCUT2D eigenvalue weighted by atomic mass is 19.1. The lowest BCUT2D eigenvalue weighted by molar-refractivity contribution is 0.283. The molecule has 0 aliphatic carbocycles. The van der Waals surface area contributed by atoms with Crippen molar-refractivity contribution >= 4 is 0 Å². The molecular formula is C11H16FNO. The molecule has 0 bridgehead atoms. The topological polar surface area (TPSA) is 35.2 Å². The Morgan fingerprint density at radius 2 is 2.21 bits per heavy atom. The summed E-state index contributed by atoms with van der Waals surface area (Å²) in [6.07, 6.45) is 0.875. The lowest BCUT2D eigenvalue weighted by Gasteiger charge is -2.12. The largest absolute Gasteiger partial charge is 0.492 e. The van der Waals surface area contributed by atoms with Crippen LogP contribution in [0.4, 0.5) is 4.39 Å². The minimum atomic E-state index is -0.241. The summed E-state index contributed by atoms with van der Waals surface area (Å²) in [6.45, 7) is 4.30. The number of ether oxygens (including phenoxy) is 1. The van der Waals surface area contributed by atoms with Crippen molar-refractivity contribution < 1.29 is 9.13 Å². The molecule has 0 heterocycles. The van der Waals surface area contributed by atoms with Crippen molar-refractivity contribution in [2.24, 2.45) is 5.73 Å². The highest BCUT2D eigenvalue weighted by molar-refractivity contribution is 5.32. The van der Waals surface area contributed by atoms with E-state index < -0.39 is 0 Å². The summed E-state index contributed by atoms with van der Waals surface area (Å²) in [7, 11) is 0. The SMILES string of the molecule is CCC(N)COc1ccc(F)cc1C. The number of hydrogen-bond acceptors (Lipinski definition) is 2. The highest BCUT2D eigenvalue weighted by Gasteiger charge is 2.03. The Hall–Kier alpha value is -1.09. The van der Waals surface area contributed by atoms with Crippen molar-refractivity contribution in [2.45, 2.75) is 26.3 Å². The van der Waals surface area contributed by atoms with E-state index in [9.17, 15) is 4.39 Å². The molecule has 0 amide bonds. The van der Waals surface area contributed by atoms with Gasteiger partial charge < -0.3 is 10.5 Å². The first kappa shape index (κ1) is 11.0. The standard InChI is InChI=1S/C11H16FNO/c1-3-10(13)7-14-11-5-4-9(12)6-8(11)2/h4-6,10H,3,7,13H2,1-2H3. The zero-order chi connectivity index (χ0) is 10.6. The lowest BCUT2D eigenvalue weighted by Crippen LogP contribution is -2.26. The minimum Gasteiger partial charge on any atom is -0.492 e. The minimum absolute atomic E-state index is 0.0412. The first-order chi connectivity index (χ1) is 6.63. The molecule has 1 rings (SSSR count). The first-order valence-electron chi connectivity index (χ1n) is 4.78. The van der Waals surface area contributed by atoms with E-state index >= 15 is 0 Å². The van der Waals surface area contributed by atoms with Gasteiger partial charge >= 0.3 is 0 Å². The zero-order valence-electron chi connectivity index (χ0n) is 8.59. The van der Waals surface area contributed by atoms with Crippen LogP contribution in [0.1, 0.15) is 18.9 Å². The molecule has 0 aliphatic heterocycles. The fourth-order valence-corrected chi connectivity index (χ4v) is 1.09. The van der Waals surface area contributed by atoms with Crippen LogP contribution in [-0.4, -0.2) is 12.6 Å². The van der Waals surface area contributed by atoms with Crippen molar-refractivity contribution in [3.63, 3.8) is 0 Å². The molecule has 0 spiro atoms. The van der Waals surface area contributed by atoms with Gasteiger partial charge in [-0.3, -0.25) is 0 Å². The predicted molar refractivity (Wildman–Crippen MR) is 54.9 cm³/mol. The number of benzene rings is 1. The molecule has 78 valence electrons. The van der Waals surface area contributed by atoms with Crippen LogP contribution in [0.3, 0.4) is 0 Å². The van der Waals surface area contributed by atoms with Gasteiger partial charge in [0.25, 0.3) is 0 Å². The Kier molecular flexibility index (Phi) is 3.89. The Morgan fingerprint density at radius 1 is 1.50 bits per heavy atom. The predicted octanol–water partition coefficient (Wildman–Crippen LogP) is 2.25. The number of aryl methyl sites for hydroxylation is 1. The van der Waals surface area contributed by atoms with Gasteiger partial charge in [-0.05, 0) is 37.1 Å². The van der Waals surface area contributed by atoms with Crippen LogP contribution >= 0.6 is 0 Å². The van der Waals surface area contributed by atoms with Crippen LogP contribution in [0.25, 0.3) is 0 Å². The van der Waals surface area contributed by atoms with Crippen molar-refractivity contribution in [1.29, 1.82) is 0 Å². The average Bonchev–Trinajstić information content (AvgIpc) is 2.16. The summed E-state index contributed by atoms with van der Waals surface area (Å²) >= 11 is 0. The lowest BCUT2D eigenvalue weighted by atomic mass is 10.2. The Bertz CT molecular complexity index is 301. The van der Waals surface area contributed by atoms with E-state index in [1.54, 1.807) is 6.07 Å². The maximum atomic E-state index is 12.7. The molecule has 1 aromatic rings. The Labute approximate surface area is 83.9 Å². The van der Waals surface area contributed by atoms with Crippen LogP contribution in [0.2, 0.25) is 0 Å². The molecular weight excluding hydrogens is 181 g/mol. The third-order valence-electron chi connectivity index (χ3n) is 2.11. The molecule has 0 saturated carbocycles. The maximum absolute atomic E-state index is 12.7. The summed E-state index contributed by atoms with van der Waals surface area (Å²) in [5.41, 5.74) is 6.50. The van der Waals surface area contributed by atoms with E-state index in [4.69, 9.17) is 10.5 Å². The molecule has 0 radical (unpaired) electrons. The molecule has 1 unspecified atom stereocenters. The second-order valence-electron chi connectivity index (χ2n) is 3.39. The van der Waals surface area contributed by atoms with E-state index in [0.717, 1.165) is 12.0 Å². The molecule has 0 saturated heterocycles. The summed E-state index contributed by atoms with van der Waals surface area (Å²) in [4.78, 5) is 0. The van der Waals surface area contributed by atoms with Gasteiger partial charge in [-0.15, -0.1) is 0 Å². The van der Waals surface area contributed by atoms with Crippen LogP contribution in [0.15, 0.2) is 18.2 Å². The van der Waals surface area contributed by atoms with Gasteiger partial charge in [-0.2, -0.15) is 0 Å². The van der Waals surface area contributed by atoms with Gasteiger partial charge in [-0.1, -0.05) is 6.92 Å². The van der Waals surface area contributed by atoms with Gasteiger partial charge in [-0.25, -0.2) is 4.39 Å². The number of rotatable bonds is 4. The van der Waals surface area contributed by atoms with E-state index in [1.165, 1.54) is 12.1 Å². The Balaban J connectivity index is 2.59. The molecule has 0 aromatic heterocycles. The van der Waals surface area contributed by atoms with Crippen molar-refractivity contribution in [3.05, 3.63) is 29.6 Å². The van der Waals surface area contributed by atoms with Crippen LogP contribution in [0, 0.1) is 12.7 Å². The van der Waals surface area contributed by atoms with Crippen LogP contribution in [-0.2, 0) is 0 Å². The molecule has 2 nitrogen and oxygen atoms in total. The smallest absolute Gasteiger partial charge is 0.123 e. The molecule has 2 N–H and O–H groups in total. The highest BCUT2D eigenvalue weighted by Crippen LogP contribution is 2.18. The van der Waals surface area contributed by atoms with Gasteiger partial charge in [0.2, 0.25) is 0 Å².